The highest BCUT2D eigenvalue weighted by molar-refractivity contribution is 5.75. The third-order valence-electron chi connectivity index (χ3n) is 3.11. The summed E-state index contributed by atoms with van der Waals surface area (Å²) in [6.45, 7) is 2.72. The molecule has 0 amide bonds. The van der Waals surface area contributed by atoms with Gasteiger partial charge in [-0.3, -0.25) is 0 Å². The Labute approximate surface area is 108 Å². The molecule has 98 valence electrons. The highest BCUT2D eigenvalue weighted by Crippen LogP contribution is 2.16. The van der Waals surface area contributed by atoms with Crippen LogP contribution in [0.5, 0.6) is 0 Å². The van der Waals surface area contributed by atoms with Crippen molar-refractivity contribution in [2.75, 3.05) is 27.2 Å². The standard InChI is InChI=1S/C14H22N4/c1-17(2)10-11-18-13-7-4-3-6-12(13)16-14(18)8-5-9-15/h3-4,6-7H,5,8-11,15H2,1-2H3. The molecule has 1 heterocycles. The van der Waals surface area contributed by atoms with Gasteiger partial charge in [0.15, 0.2) is 0 Å². The Morgan fingerprint density at radius 2 is 2.06 bits per heavy atom. The van der Waals surface area contributed by atoms with Crippen molar-refractivity contribution in [2.24, 2.45) is 5.73 Å². The van der Waals surface area contributed by atoms with E-state index in [1.165, 1.54) is 5.52 Å². The zero-order valence-electron chi connectivity index (χ0n) is 11.3. The first kappa shape index (κ1) is 13.1. The van der Waals surface area contributed by atoms with E-state index in [9.17, 15) is 0 Å². The highest BCUT2D eigenvalue weighted by Gasteiger charge is 2.09. The largest absolute Gasteiger partial charge is 0.330 e. The summed E-state index contributed by atoms with van der Waals surface area (Å²) in [6.07, 6.45) is 1.95. The molecule has 0 atom stereocenters. The summed E-state index contributed by atoms with van der Waals surface area (Å²) in [6, 6.07) is 8.33. The molecule has 0 radical (unpaired) electrons. The number of fused-ring (bicyclic) bond motifs is 1. The van der Waals surface area contributed by atoms with E-state index in [0.29, 0.717) is 0 Å². The van der Waals surface area contributed by atoms with E-state index < -0.39 is 0 Å². The minimum Gasteiger partial charge on any atom is -0.330 e. The van der Waals surface area contributed by atoms with E-state index in [2.05, 4.69) is 41.8 Å². The highest BCUT2D eigenvalue weighted by atomic mass is 15.1. The van der Waals surface area contributed by atoms with Crippen LogP contribution in [-0.2, 0) is 13.0 Å². The molecule has 2 aromatic rings. The van der Waals surface area contributed by atoms with Crippen LogP contribution in [0.25, 0.3) is 11.0 Å². The van der Waals surface area contributed by atoms with Crippen molar-refractivity contribution in [3.05, 3.63) is 30.1 Å². The van der Waals surface area contributed by atoms with Crippen molar-refractivity contribution >= 4 is 11.0 Å². The second kappa shape index (κ2) is 5.98. The predicted octanol–water partition coefficient (Wildman–Crippen LogP) is 1.49. The number of hydrogen-bond donors (Lipinski definition) is 1. The maximum Gasteiger partial charge on any atom is 0.109 e. The van der Waals surface area contributed by atoms with E-state index >= 15 is 0 Å². The molecular formula is C14H22N4. The fourth-order valence-electron chi connectivity index (χ4n) is 2.13. The van der Waals surface area contributed by atoms with Crippen LogP contribution in [0.2, 0.25) is 0 Å². The van der Waals surface area contributed by atoms with Crippen molar-refractivity contribution in [2.45, 2.75) is 19.4 Å². The van der Waals surface area contributed by atoms with E-state index in [0.717, 1.165) is 43.8 Å². The molecule has 4 heteroatoms. The summed E-state index contributed by atoms with van der Waals surface area (Å²) in [4.78, 5) is 6.91. The molecule has 0 aliphatic carbocycles. The molecule has 0 saturated carbocycles. The number of imidazole rings is 1. The molecule has 0 fully saturated rings. The van der Waals surface area contributed by atoms with Gasteiger partial charge in [0.05, 0.1) is 11.0 Å². The number of nitrogens with two attached hydrogens (primary N) is 1. The van der Waals surface area contributed by atoms with Crippen molar-refractivity contribution in [3.8, 4) is 0 Å². The van der Waals surface area contributed by atoms with Gasteiger partial charge in [-0.15, -0.1) is 0 Å². The van der Waals surface area contributed by atoms with Crippen LogP contribution in [0, 0.1) is 0 Å². The third-order valence-corrected chi connectivity index (χ3v) is 3.11. The van der Waals surface area contributed by atoms with Crippen molar-refractivity contribution in [1.82, 2.24) is 14.5 Å². The lowest BCUT2D eigenvalue weighted by atomic mass is 10.3. The van der Waals surface area contributed by atoms with Crippen LogP contribution >= 0.6 is 0 Å². The first-order valence-electron chi connectivity index (χ1n) is 6.51. The molecular weight excluding hydrogens is 224 g/mol. The first-order chi connectivity index (χ1) is 8.72. The number of rotatable bonds is 6. The monoisotopic (exact) mass is 246 g/mol. The minimum absolute atomic E-state index is 0.719. The molecule has 1 aromatic carbocycles. The zero-order valence-corrected chi connectivity index (χ0v) is 11.3. The van der Waals surface area contributed by atoms with Gasteiger partial charge in [-0.1, -0.05) is 12.1 Å². The average molecular weight is 246 g/mol. The van der Waals surface area contributed by atoms with Gasteiger partial charge in [-0.2, -0.15) is 0 Å². The van der Waals surface area contributed by atoms with Gasteiger partial charge in [0.1, 0.15) is 5.82 Å². The lowest BCUT2D eigenvalue weighted by Gasteiger charge is -2.13. The zero-order chi connectivity index (χ0) is 13.0. The van der Waals surface area contributed by atoms with Crippen LogP contribution in [0.3, 0.4) is 0 Å². The predicted molar refractivity (Wildman–Crippen MR) is 75.7 cm³/mol. The van der Waals surface area contributed by atoms with E-state index in [1.54, 1.807) is 0 Å². The van der Waals surface area contributed by atoms with E-state index in [4.69, 9.17) is 10.7 Å². The number of aromatic nitrogens is 2. The molecule has 18 heavy (non-hydrogen) atoms. The molecule has 0 aliphatic heterocycles. The SMILES string of the molecule is CN(C)CCn1c(CCCN)nc2ccccc21. The summed E-state index contributed by atoms with van der Waals surface area (Å²) in [5.41, 5.74) is 7.91. The number of para-hydroxylation sites is 2. The molecule has 0 bridgehead atoms. The number of benzene rings is 1. The number of hydrogen-bond acceptors (Lipinski definition) is 3. The smallest absolute Gasteiger partial charge is 0.109 e. The summed E-state index contributed by atoms with van der Waals surface area (Å²) < 4.78 is 2.32. The molecule has 0 saturated heterocycles. The second-order valence-corrected chi connectivity index (χ2v) is 4.86. The maximum atomic E-state index is 5.60. The number of likely N-dealkylation sites (N-methyl/N-ethyl adjacent to an activating group) is 1. The average Bonchev–Trinajstić information content (AvgIpc) is 2.71. The van der Waals surface area contributed by atoms with E-state index in [1.807, 2.05) is 6.07 Å². The summed E-state index contributed by atoms with van der Waals surface area (Å²) in [5.74, 6) is 1.16. The van der Waals surface area contributed by atoms with Crippen LogP contribution in [0.4, 0.5) is 0 Å². The maximum absolute atomic E-state index is 5.60. The van der Waals surface area contributed by atoms with Crippen LogP contribution < -0.4 is 5.73 Å². The van der Waals surface area contributed by atoms with Gasteiger partial charge in [-0.05, 0) is 39.2 Å². The van der Waals surface area contributed by atoms with Gasteiger partial charge < -0.3 is 15.2 Å². The quantitative estimate of drug-likeness (QED) is 0.840. The Morgan fingerprint density at radius 3 is 2.78 bits per heavy atom. The van der Waals surface area contributed by atoms with Gasteiger partial charge in [-0.25, -0.2) is 4.98 Å². The van der Waals surface area contributed by atoms with Gasteiger partial charge in [0, 0.05) is 19.5 Å². The van der Waals surface area contributed by atoms with Gasteiger partial charge >= 0.3 is 0 Å². The van der Waals surface area contributed by atoms with Crippen molar-refractivity contribution in [1.29, 1.82) is 0 Å². The Balaban J connectivity index is 2.31. The number of nitrogens with zero attached hydrogens (tertiary/aromatic N) is 3. The van der Waals surface area contributed by atoms with Crippen LogP contribution in [0.15, 0.2) is 24.3 Å². The third kappa shape index (κ3) is 2.89. The lowest BCUT2D eigenvalue weighted by molar-refractivity contribution is 0.383. The van der Waals surface area contributed by atoms with Crippen molar-refractivity contribution < 1.29 is 0 Å². The minimum atomic E-state index is 0.719. The van der Waals surface area contributed by atoms with E-state index in [-0.39, 0.29) is 0 Å². The van der Waals surface area contributed by atoms with Crippen LogP contribution in [-0.4, -0.2) is 41.6 Å². The molecule has 0 aliphatic rings. The topological polar surface area (TPSA) is 47.1 Å². The fourth-order valence-corrected chi connectivity index (χ4v) is 2.13. The summed E-state index contributed by atoms with van der Waals surface area (Å²) >= 11 is 0. The molecule has 0 unspecified atom stereocenters. The molecule has 0 spiro atoms. The second-order valence-electron chi connectivity index (χ2n) is 4.86. The summed E-state index contributed by atoms with van der Waals surface area (Å²) in [5, 5.41) is 0. The Kier molecular flexibility index (Phi) is 4.33. The van der Waals surface area contributed by atoms with Crippen molar-refractivity contribution in [3.63, 3.8) is 0 Å². The fraction of sp³-hybridized carbons (Fsp3) is 0.500. The molecule has 1 aromatic heterocycles. The Hall–Kier alpha value is -1.39. The molecule has 4 nitrogen and oxygen atoms in total. The molecule has 2 N–H and O–H groups in total. The van der Waals surface area contributed by atoms with Gasteiger partial charge in [0.25, 0.3) is 0 Å². The summed E-state index contributed by atoms with van der Waals surface area (Å²) in [7, 11) is 4.19. The van der Waals surface area contributed by atoms with Gasteiger partial charge in [0.2, 0.25) is 0 Å². The molecule has 2 rings (SSSR count). The number of aryl methyl sites for hydroxylation is 1. The normalized spacial score (nSPS) is 11.6. The lowest BCUT2D eigenvalue weighted by Crippen LogP contribution is -2.19. The van der Waals surface area contributed by atoms with Crippen LogP contribution in [0.1, 0.15) is 12.2 Å². The Bertz CT molecular complexity index is 501. The first-order valence-corrected chi connectivity index (χ1v) is 6.51. The Morgan fingerprint density at radius 1 is 1.28 bits per heavy atom.